The molecule has 0 bridgehead atoms. The van der Waals surface area contributed by atoms with Crippen molar-refractivity contribution in [2.75, 3.05) is 6.61 Å². The summed E-state index contributed by atoms with van der Waals surface area (Å²) in [4.78, 5) is 11.3. The fourth-order valence-corrected chi connectivity index (χ4v) is 1.72. The molecule has 1 rings (SSSR count). The molecule has 1 saturated carbocycles. The first-order valence-electron chi connectivity index (χ1n) is 4.77. The maximum atomic E-state index is 11.3. The molecule has 1 fully saturated rings. The van der Waals surface area contributed by atoms with Gasteiger partial charge >= 0.3 is 5.97 Å². The van der Waals surface area contributed by atoms with Gasteiger partial charge in [0.25, 0.3) is 0 Å². The second-order valence-electron chi connectivity index (χ2n) is 3.44. The average molecular weight is 187 g/mol. The molecule has 76 valence electrons. The minimum absolute atomic E-state index is 0.275. The van der Waals surface area contributed by atoms with E-state index in [9.17, 15) is 9.90 Å². The van der Waals surface area contributed by atoms with E-state index in [0.29, 0.717) is 13.0 Å². The molecule has 4 heteroatoms. The van der Waals surface area contributed by atoms with E-state index in [4.69, 9.17) is 10.5 Å². The molecule has 3 atom stereocenters. The summed E-state index contributed by atoms with van der Waals surface area (Å²) in [5.41, 5.74) is 5.64. The van der Waals surface area contributed by atoms with Crippen LogP contribution >= 0.6 is 0 Å². The van der Waals surface area contributed by atoms with E-state index in [-0.39, 0.29) is 12.0 Å². The molecule has 0 unspecified atom stereocenters. The van der Waals surface area contributed by atoms with Crippen molar-refractivity contribution >= 4 is 5.97 Å². The van der Waals surface area contributed by atoms with Gasteiger partial charge in [-0.1, -0.05) is 6.42 Å². The van der Waals surface area contributed by atoms with Crippen LogP contribution in [0.4, 0.5) is 0 Å². The first kappa shape index (κ1) is 10.5. The third kappa shape index (κ3) is 2.42. The average Bonchev–Trinajstić information content (AvgIpc) is 2.10. The number of ether oxygens (including phenoxy) is 1. The molecule has 0 spiro atoms. The molecular weight excluding hydrogens is 170 g/mol. The van der Waals surface area contributed by atoms with Crippen LogP contribution in [0.1, 0.15) is 26.2 Å². The number of aliphatic hydroxyl groups is 1. The van der Waals surface area contributed by atoms with E-state index in [2.05, 4.69) is 0 Å². The van der Waals surface area contributed by atoms with Crippen LogP contribution in [-0.2, 0) is 9.53 Å². The van der Waals surface area contributed by atoms with Crippen LogP contribution in [0.5, 0.6) is 0 Å². The molecular formula is C9H17NO3. The van der Waals surface area contributed by atoms with E-state index in [1.807, 2.05) is 0 Å². The van der Waals surface area contributed by atoms with Gasteiger partial charge in [0.2, 0.25) is 0 Å². The number of rotatable bonds is 2. The smallest absolute Gasteiger partial charge is 0.311 e. The van der Waals surface area contributed by atoms with E-state index >= 15 is 0 Å². The number of hydrogen-bond acceptors (Lipinski definition) is 4. The molecule has 0 heterocycles. The SMILES string of the molecule is CCOC(=O)[C@@H]1CCC[C@H](N)[C@@H]1O. The quantitative estimate of drug-likeness (QED) is 0.598. The number of hydrogen-bond donors (Lipinski definition) is 2. The summed E-state index contributed by atoms with van der Waals surface area (Å²) in [6.07, 6.45) is 1.64. The van der Waals surface area contributed by atoms with Crippen LogP contribution in [0.3, 0.4) is 0 Å². The topological polar surface area (TPSA) is 72.5 Å². The van der Waals surface area contributed by atoms with Gasteiger partial charge in [0.05, 0.1) is 18.6 Å². The molecule has 1 aliphatic rings. The van der Waals surface area contributed by atoms with Crippen LogP contribution < -0.4 is 5.73 Å². The highest BCUT2D eigenvalue weighted by Crippen LogP contribution is 2.24. The Bertz CT molecular complexity index is 184. The molecule has 0 aliphatic heterocycles. The highest BCUT2D eigenvalue weighted by molar-refractivity contribution is 5.73. The predicted molar refractivity (Wildman–Crippen MR) is 48.0 cm³/mol. The number of esters is 1. The summed E-state index contributed by atoms with van der Waals surface area (Å²) < 4.78 is 4.85. The molecule has 3 N–H and O–H groups in total. The lowest BCUT2D eigenvalue weighted by atomic mass is 9.83. The zero-order valence-electron chi connectivity index (χ0n) is 7.90. The molecule has 0 radical (unpaired) electrons. The van der Waals surface area contributed by atoms with Crippen LogP contribution in [0, 0.1) is 5.92 Å². The number of carbonyl (C=O) groups excluding carboxylic acids is 1. The van der Waals surface area contributed by atoms with Crippen molar-refractivity contribution in [1.29, 1.82) is 0 Å². The predicted octanol–water partition coefficient (Wildman–Crippen LogP) is 0.0378. The van der Waals surface area contributed by atoms with Crippen molar-refractivity contribution in [3.8, 4) is 0 Å². The second-order valence-corrected chi connectivity index (χ2v) is 3.44. The Hall–Kier alpha value is -0.610. The summed E-state index contributed by atoms with van der Waals surface area (Å²) in [5, 5.41) is 9.61. The van der Waals surface area contributed by atoms with Crippen molar-refractivity contribution in [3.05, 3.63) is 0 Å². The maximum Gasteiger partial charge on any atom is 0.311 e. The van der Waals surface area contributed by atoms with Crippen LogP contribution in [0.15, 0.2) is 0 Å². The lowest BCUT2D eigenvalue weighted by Gasteiger charge is -2.30. The fraction of sp³-hybridized carbons (Fsp3) is 0.889. The summed E-state index contributed by atoms with van der Waals surface area (Å²) in [6.45, 7) is 2.12. The van der Waals surface area contributed by atoms with Crippen LogP contribution in [0.25, 0.3) is 0 Å². The third-order valence-corrected chi connectivity index (χ3v) is 2.49. The van der Waals surface area contributed by atoms with Gasteiger partial charge in [0.15, 0.2) is 0 Å². The Balaban J connectivity index is 2.52. The molecule has 0 aromatic heterocycles. The van der Waals surface area contributed by atoms with Gasteiger partial charge in [-0.25, -0.2) is 0 Å². The maximum absolute atomic E-state index is 11.3. The highest BCUT2D eigenvalue weighted by atomic mass is 16.5. The molecule has 4 nitrogen and oxygen atoms in total. The molecule has 0 aromatic carbocycles. The first-order chi connectivity index (χ1) is 6.16. The Morgan fingerprint density at radius 1 is 1.62 bits per heavy atom. The monoisotopic (exact) mass is 187 g/mol. The summed E-state index contributed by atoms with van der Waals surface area (Å²) in [6, 6.07) is -0.275. The van der Waals surface area contributed by atoms with Gasteiger partial charge < -0.3 is 15.6 Å². The van der Waals surface area contributed by atoms with Crippen molar-refractivity contribution < 1.29 is 14.6 Å². The Labute approximate surface area is 78.1 Å². The van der Waals surface area contributed by atoms with Gasteiger partial charge in [0.1, 0.15) is 0 Å². The molecule has 13 heavy (non-hydrogen) atoms. The standard InChI is InChI=1S/C9H17NO3/c1-2-13-9(12)6-4-3-5-7(10)8(6)11/h6-8,11H,2-5,10H2,1H3/t6-,7+,8-/m1/s1. The van der Waals surface area contributed by atoms with Gasteiger partial charge in [-0.05, 0) is 19.8 Å². The molecule has 0 aromatic rings. The van der Waals surface area contributed by atoms with E-state index in [1.165, 1.54) is 0 Å². The lowest BCUT2D eigenvalue weighted by molar-refractivity contribution is -0.154. The van der Waals surface area contributed by atoms with E-state index < -0.39 is 12.0 Å². The van der Waals surface area contributed by atoms with Crippen molar-refractivity contribution in [2.45, 2.75) is 38.3 Å². The molecule has 0 saturated heterocycles. The third-order valence-electron chi connectivity index (χ3n) is 2.49. The minimum Gasteiger partial charge on any atom is -0.466 e. The van der Waals surface area contributed by atoms with Gasteiger partial charge in [-0.2, -0.15) is 0 Å². The zero-order chi connectivity index (χ0) is 9.84. The van der Waals surface area contributed by atoms with Gasteiger partial charge in [0, 0.05) is 6.04 Å². The highest BCUT2D eigenvalue weighted by Gasteiger charge is 2.35. The van der Waals surface area contributed by atoms with E-state index in [0.717, 1.165) is 12.8 Å². The summed E-state index contributed by atoms with van der Waals surface area (Å²) >= 11 is 0. The summed E-state index contributed by atoms with van der Waals surface area (Å²) in [7, 11) is 0. The minimum atomic E-state index is -0.729. The second kappa shape index (κ2) is 4.58. The Morgan fingerprint density at radius 2 is 2.31 bits per heavy atom. The fourth-order valence-electron chi connectivity index (χ4n) is 1.72. The van der Waals surface area contributed by atoms with Gasteiger partial charge in [-0.3, -0.25) is 4.79 Å². The van der Waals surface area contributed by atoms with Gasteiger partial charge in [-0.15, -0.1) is 0 Å². The Kier molecular flexibility index (Phi) is 3.69. The zero-order valence-corrected chi connectivity index (χ0v) is 7.90. The Morgan fingerprint density at radius 3 is 2.92 bits per heavy atom. The first-order valence-corrected chi connectivity index (χ1v) is 4.77. The van der Waals surface area contributed by atoms with Crippen molar-refractivity contribution in [3.63, 3.8) is 0 Å². The largest absolute Gasteiger partial charge is 0.466 e. The van der Waals surface area contributed by atoms with Crippen LogP contribution in [-0.4, -0.2) is 29.8 Å². The number of carbonyl (C=O) groups is 1. The van der Waals surface area contributed by atoms with E-state index in [1.54, 1.807) is 6.92 Å². The normalized spacial score (nSPS) is 34.2. The van der Waals surface area contributed by atoms with Crippen LogP contribution in [0.2, 0.25) is 0 Å². The summed E-state index contributed by atoms with van der Waals surface area (Å²) in [5.74, 6) is -0.728. The number of nitrogens with two attached hydrogens (primary N) is 1. The van der Waals surface area contributed by atoms with Crippen molar-refractivity contribution in [2.24, 2.45) is 11.7 Å². The number of aliphatic hydroxyl groups excluding tert-OH is 1. The molecule has 1 aliphatic carbocycles. The van der Waals surface area contributed by atoms with Crippen molar-refractivity contribution in [1.82, 2.24) is 0 Å². The molecule has 0 amide bonds. The lowest BCUT2D eigenvalue weighted by Crippen LogP contribution is -2.46.